The zero-order valence-corrected chi connectivity index (χ0v) is 23.3. The van der Waals surface area contributed by atoms with Crippen LogP contribution in [0.3, 0.4) is 0 Å². The van der Waals surface area contributed by atoms with Crippen molar-refractivity contribution < 1.29 is 27.9 Å². The number of halogens is 4. The molecule has 3 aliphatic rings. The summed E-state index contributed by atoms with van der Waals surface area (Å²) in [5.41, 5.74) is -1.82. The molecule has 0 aliphatic carbocycles. The third kappa shape index (κ3) is 5.23. The number of aliphatic hydroxyl groups is 1. The largest absolute Gasteiger partial charge is 0.426 e. The number of hydrogen-bond donors (Lipinski definition) is 1. The minimum Gasteiger partial charge on any atom is -0.372 e. The normalized spacial score (nSPS) is 22.4. The molecule has 1 spiro atoms. The van der Waals surface area contributed by atoms with Gasteiger partial charge in [-0.25, -0.2) is 0 Å². The van der Waals surface area contributed by atoms with Gasteiger partial charge in [0.2, 0.25) is 5.60 Å². The predicted octanol–water partition coefficient (Wildman–Crippen LogP) is 3.88. The van der Waals surface area contributed by atoms with E-state index >= 15 is 0 Å². The molecule has 3 heterocycles. The minimum atomic E-state index is -5.01. The lowest BCUT2D eigenvalue weighted by Crippen LogP contribution is -2.67. The fourth-order valence-corrected chi connectivity index (χ4v) is 6.37. The molecule has 3 fully saturated rings. The van der Waals surface area contributed by atoms with Gasteiger partial charge in [-0.15, -0.1) is 0 Å². The molecule has 4 rings (SSSR count). The Hall–Kier alpha value is -2.04. The summed E-state index contributed by atoms with van der Waals surface area (Å²) in [6.45, 7) is 6.45. The number of rotatable bonds is 5. The van der Waals surface area contributed by atoms with Crippen LogP contribution in [0.1, 0.15) is 49.9 Å². The van der Waals surface area contributed by atoms with Crippen LogP contribution in [-0.2, 0) is 4.79 Å². The van der Waals surface area contributed by atoms with E-state index in [0.29, 0.717) is 29.5 Å². The first-order valence-corrected chi connectivity index (χ1v) is 13.6. The maximum Gasteiger partial charge on any atom is 0.426 e. The maximum atomic E-state index is 13.6. The van der Waals surface area contributed by atoms with E-state index in [0.717, 1.165) is 44.7 Å². The highest BCUT2D eigenvalue weighted by Gasteiger charge is 2.63. The Morgan fingerprint density at radius 3 is 2.13 bits per heavy atom. The lowest BCUT2D eigenvalue weighted by molar-refractivity contribution is -0.270. The Kier molecular flexibility index (Phi) is 8.00. The molecule has 38 heavy (non-hydrogen) atoms. The number of hydrogen-bond acceptors (Lipinski definition) is 5. The molecule has 1 aromatic rings. The van der Waals surface area contributed by atoms with Crippen LogP contribution in [0.5, 0.6) is 0 Å². The van der Waals surface area contributed by atoms with E-state index < -0.39 is 23.6 Å². The number of benzene rings is 1. The van der Waals surface area contributed by atoms with Gasteiger partial charge in [0, 0.05) is 71.0 Å². The smallest absolute Gasteiger partial charge is 0.372 e. The van der Waals surface area contributed by atoms with E-state index in [2.05, 4.69) is 9.80 Å². The number of amides is 2. The fourth-order valence-electron chi connectivity index (χ4n) is 6.11. The van der Waals surface area contributed by atoms with Crippen LogP contribution in [0.25, 0.3) is 0 Å². The van der Waals surface area contributed by atoms with Crippen molar-refractivity contribution in [2.45, 2.75) is 57.3 Å². The SMILES string of the molecule is CC(C)C(O)(C(=O)N1CCC2(CC1)CN(C1CCN(c3ccc(C(=O)N(C)C)c(Cl)c3)CC1)C2)C(F)(F)F. The molecule has 1 aromatic carbocycles. The monoisotopic (exact) mass is 558 g/mol. The molecule has 1 N–H and O–H groups in total. The van der Waals surface area contributed by atoms with Gasteiger partial charge in [0.1, 0.15) is 0 Å². The molecule has 7 nitrogen and oxygen atoms in total. The average molecular weight is 559 g/mol. The molecule has 0 bridgehead atoms. The summed E-state index contributed by atoms with van der Waals surface area (Å²) in [6.07, 6.45) is -1.73. The first-order valence-electron chi connectivity index (χ1n) is 13.3. The van der Waals surface area contributed by atoms with Crippen molar-refractivity contribution in [3.05, 3.63) is 28.8 Å². The first-order chi connectivity index (χ1) is 17.7. The fraction of sp³-hybridized carbons (Fsp3) is 0.704. The number of alkyl halides is 3. The average Bonchev–Trinajstić information content (AvgIpc) is 2.85. The zero-order valence-electron chi connectivity index (χ0n) is 22.5. The summed E-state index contributed by atoms with van der Waals surface area (Å²) < 4.78 is 40.7. The second-order valence-corrected chi connectivity index (χ2v) is 12.1. The summed E-state index contributed by atoms with van der Waals surface area (Å²) in [7, 11) is 3.39. The van der Waals surface area contributed by atoms with E-state index in [4.69, 9.17) is 11.6 Å². The van der Waals surface area contributed by atoms with Crippen LogP contribution in [0.15, 0.2) is 18.2 Å². The summed E-state index contributed by atoms with van der Waals surface area (Å²) in [6, 6.07) is 6.01. The van der Waals surface area contributed by atoms with E-state index in [9.17, 15) is 27.9 Å². The molecular formula is C27H38ClF3N4O3. The molecule has 1 unspecified atom stereocenters. The van der Waals surface area contributed by atoms with Crippen molar-refractivity contribution in [3.63, 3.8) is 0 Å². The predicted molar refractivity (Wildman–Crippen MR) is 140 cm³/mol. The molecule has 0 saturated carbocycles. The Morgan fingerprint density at radius 1 is 1.08 bits per heavy atom. The third-order valence-electron chi connectivity index (χ3n) is 8.72. The molecule has 0 aromatic heterocycles. The van der Waals surface area contributed by atoms with Crippen LogP contribution in [0.2, 0.25) is 5.02 Å². The first kappa shape index (κ1) is 29.0. The van der Waals surface area contributed by atoms with Gasteiger partial charge >= 0.3 is 6.18 Å². The number of anilines is 1. The van der Waals surface area contributed by atoms with Gasteiger partial charge in [0.05, 0.1) is 10.6 Å². The van der Waals surface area contributed by atoms with Crippen LogP contribution < -0.4 is 4.90 Å². The van der Waals surface area contributed by atoms with Gasteiger partial charge < -0.3 is 19.8 Å². The second kappa shape index (κ2) is 10.5. The van der Waals surface area contributed by atoms with Crippen molar-refractivity contribution in [2.24, 2.45) is 11.3 Å². The lowest BCUT2D eigenvalue weighted by atomic mass is 9.70. The highest BCUT2D eigenvalue weighted by molar-refractivity contribution is 6.34. The van der Waals surface area contributed by atoms with E-state index in [1.807, 2.05) is 12.1 Å². The topological polar surface area (TPSA) is 67.3 Å². The van der Waals surface area contributed by atoms with Gasteiger partial charge in [-0.3, -0.25) is 14.5 Å². The molecule has 2 amide bonds. The highest BCUT2D eigenvalue weighted by Crippen LogP contribution is 2.45. The summed E-state index contributed by atoms with van der Waals surface area (Å²) >= 11 is 6.40. The van der Waals surface area contributed by atoms with E-state index in [1.165, 1.54) is 23.6 Å². The maximum absolute atomic E-state index is 13.6. The Morgan fingerprint density at radius 2 is 1.66 bits per heavy atom. The number of likely N-dealkylation sites (tertiary alicyclic amines) is 2. The van der Waals surface area contributed by atoms with E-state index in [1.54, 1.807) is 20.2 Å². The number of carbonyl (C=O) groups is 2. The number of nitrogens with zero attached hydrogens (tertiary/aromatic N) is 4. The van der Waals surface area contributed by atoms with Gasteiger partial charge in [0.25, 0.3) is 11.8 Å². The van der Waals surface area contributed by atoms with E-state index in [-0.39, 0.29) is 24.4 Å². The number of carbonyl (C=O) groups excluding carboxylic acids is 2. The Balaban J connectivity index is 1.27. The summed E-state index contributed by atoms with van der Waals surface area (Å²) in [5, 5.41) is 10.7. The van der Waals surface area contributed by atoms with Crippen molar-refractivity contribution in [1.29, 1.82) is 0 Å². The van der Waals surface area contributed by atoms with Gasteiger partial charge in [-0.2, -0.15) is 13.2 Å². The van der Waals surface area contributed by atoms with Gasteiger partial charge in [-0.1, -0.05) is 25.4 Å². The number of piperidine rings is 2. The summed E-state index contributed by atoms with van der Waals surface area (Å²) in [4.78, 5) is 32.4. The van der Waals surface area contributed by atoms with Crippen LogP contribution >= 0.6 is 11.6 Å². The molecule has 11 heteroatoms. The summed E-state index contributed by atoms with van der Waals surface area (Å²) in [5.74, 6) is -2.61. The molecule has 0 radical (unpaired) electrons. The standard InChI is InChI=1S/C27H38ClF3N4O3/c1-18(2)26(38,27(29,30)31)24(37)34-13-9-25(10-14-34)16-35(17-25)19-7-11-33(12-8-19)20-5-6-21(22(28)15-20)23(36)32(3)4/h5-6,15,18-19,38H,7-14,16-17H2,1-4H3. The zero-order chi connectivity index (χ0) is 28.0. The molecule has 3 aliphatic heterocycles. The highest BCUT2D eigenvalue weighted by atomic mass is 35.5. The van der Waals surface area contributed by atoms with Crippen molar-refractivity contribution in [2.75, 3.05) is 58.3 Å². The third-order valence-corrected chi connectivity index (χ3v) is 9.03. The Bertz CT molecular complexity index is 1040. The second-order valence-electron chi connectivity index (χ2n) is 11.7. The van der Waals surface area contributed by atoms with Crippen LogP contribution in [0.4, 0.5) is 18.9 Å². The lowest BCUT2D eigenvalue weighted by Gasteiger charge is -2.57. The van der Waals surface area contributed by atoms with Gasteiger partial charge in [0.15, 0.2) is 0 Å². The van der Waals surface area contributed by atoms with Crippen molar-refractivity contribution >= 4 is 29.1 Å². The Labute approximate surface area is 227 Å². The molecular weight excluding hydrogens is 521 g/mol. The van der Waals surface area contributed by atoms with Crippen molar-refractivity contribution in [1.82, 2.24) is 14.7 Å². The van der Waals surface area contributed by atoms with Crippen LogP contribution in [0, 0.1) is 11.3 Å². The minimum absolute atomic E-state index is 0.0322. The molecule has 3 saturated heterocycles. The van der Waals surface area contributed by atoms with Gasteiger partial charge in [-0.05, 0) is 49.3 Å². The van der Waals surface area contributed by atoms with Crippen molar-refractivity contribution in [3.8, 4) is 0 Å². The molecule has 212 valence electrons. The molecule has 1 atom stereocenters. The quantitative estimate of drug-likeness (QED) is 0.594. The van der Waals surface area contributed by atoms with Crippen LogP contribution in [-0.4, -0.2) is 103 Å².